The molecule has 0 heterocycles. The highest BCUT2D eigenvalue weighted by Gasteiger charge is 2.53. The lowest BCUT2D eigenvalue weighted by Gasteiger charge is -2.44. The standard InChI is InChI=1S/C32H38O3Si4/c1-7-37(5,29-21-13-9-14-22-29)33-36(3,4)34-39(31-25-17-11-18-26-31,32-27-19-12-20-28-32)35-38(6,8-2)30-23-15-10-16-24-30/h7-28H,1-2H2,3-6H3. The Morgan fingerprint density at radius 2 is 0.744 bits per heavy atom. The molecule has 0 radical (unpaired) electrons. The van der Waals surface area contributed by atoms with Gasteiger partial charge in [0.25, 0.3) is 0 Å². The van der Waals surface area contributed by atoms with Gasteiger partial charge in [-0.3, -0.25) is 0 Å². The third-order valence-corrected chi connectivity index (χ3v) is 23.3. The Hall–Kier alpha value is -2.89. The molecule has 200 valence electrons. The number of hydrogen-bond acceptors (Lipinski definition) is 3. The van der Waals surface area contributed by atoms with E-state index in [0.29, 0.717) is 0 Å². The largest absolute Gasteiger partial charge is 0.429 e. The van der Waals surface area contributed by atoms with Crippen molar-refractivity contribution in [2.75, 3.05) is 0 Å². The van der Waals surface area contributed by atoms with E-state index in [9.17, 15) is 0 Å². The SMILES string of the molecule is C=C[Si](C)(O[Si](C)(C)O[Si](O[Si](C)(C=C)c1ccccc1)(c1ccccc1)c1ccccc1)c1ccccc1. The third kappa shape index (κ3) is 6.47. The van der Waals surface area contributed by atoms with Crippen LogP contribution in [0.1, 0.15) is 0 Å². The Bertz CT molecular complexity index is 1330. The molecule has 0 N–H and O–H groups in total. The Balaban J connectivity index is 1.88. The van der Waals surface area contributed by atoms with E-state index < -0.39 is 33.8 Å². The first-order valence-electron chi connectivity index (χ1n) is 13.3. The highest BCUT2D eigenvalue weighted by Crippen LogP contribution is 2.25. The van der Waals surface area contributed by atoms with Crippen LogP contribution in [0, 0.1) is 0 Å². The minimum absolute atomic E-state index is 1.05. The van der Waals surface area contributed by atoms with Crippen molar-refractivity contribution >= 4 is 54.5 Å². The van der Waals surface area contributed by atoms with Gasteiger partial charge in [-0.05, 0) is 46.9 Å². The highest BCUT2D eigenvalue weighted by molar-refractivity contribution is 7.06. The van der Waals surface area contributed by atoms with E-state index in [-0.39, 0.29) is 0 Å². The van der Waals surface area contributed by atoms with Crippen LogP contribution in [0.15, 0.2) is 146 Å². The summed E-state index contributed by atoms with van der Waals surface area (Å²) in [7, 11) is -11.3. The summed E-state index contributed by atoms with van der Waals surface area (Å²) in [6.07, 6.45) is 0. The van der Waals surface area contributed by atoms with Crippen LogP contribution in [-0.2, 0) is 12.3 Å². The van der Waals surface area contributed by atoms with Crippen LogP contribution in [-0.4, -0.2) is 33.8 Å². The molecule has 3 nitrogen and oxygen atoms in total. The molecule has 0 saturated heterocycles. The van der Waals surface area contributed by atoms with Gasteiger partial charge in [0.15, 0.2) is 0 Å². The van der Waals surface area contributed by atoms with Crippen molar-refractivity contribution in [1.82, 2.24) is 0 Å². The van der Waals surface area contributed by atoms with Gasteiger partial charge in [-0.25, -0.2) is 0 Å². The predicted octanol–water partition coefficient (Wildman–Crippen LogP) is 5.41. The normalized spacial score (nSPS) is 15.1. The van der Waals surface area contributed by atoms with Crippen LogP contribution in [0.25, 0.3) is 0 Å². The fourth-order valence-corrected chi connectivity index (χ4v) is 22.5. The van der Waals surface area contributed by atoms with Gasteiger partial charge in [0.2, 0.25) is 16.6 Å². The van der Waals surface area contributed by atoms with Crippen molar-refractivity contribution in [3.05, 3.63) is 146 Å². The third-order valence-electron chi connectivity index (χ3n) is 6.98. The molecule has 4 aromatic rings. The molecule has 0 aliphatic carbocycles. The zero-order valence-corrected chi connectivity index (χ0v) is 27.3. The predicted molar refractivity (Wildman–Crippen MR) is 174 cm³/mol. The van der Waals surface area contributed by atoms with Gasteiger partial charge in [0.1, 0.15) is 0 Å². The molecule has 0 aliphatic rings. The fraction of sp³-hybridized carbons (Fsp3) is 0.125. The monoisotopic (exact) mass is 582 g/mol. The molecule has 0 fully saturated rings. The molecular formula is C32H38O3Si4. The smallest absolute Gasteiger partial charge is 0.388 e. The number of rotatable bonds is 12. The molecule has 0 aromatic heterocycles. The van der Waals surface area contributed by atoms with Crippen molar-refractivity contribution in [2.45, 2.75) is 26.2 Å². The molecule has 4 rings (SSSR count). The van der Waals surface area contributed by atoms with Gasteiger partial charge in [0.05, 0.1) is 0 Å². The lowest BCUT2D eigenvalue weighted by Crippen LogP contribution is -2.73. The number of benzene rings is 4. The van der Waals surface area contributed by atoms with Crippen molar-refractivity contribution < 1.29 is 12.3 Å². The average molecular weight is 583 g/mol. The summed E-state index contributed by atoms with van der Waals surface area (Å²) in [4.78, 5) is 0. The molecule has 2 atom stereocenters. The number of hydrogen-bond donors (Lipinski definition) is 0. The quantitative estimate of drug-likeness (QED) is 0.209. The summed E-state index contributed by atoms with van der Waals surface area (Å²) >= 11 is 0. The first-order valence-corrected chi connectivity index (χ1v) is 22.9. The van der Waals surface area contributed by atoms with Crippen LogP contribution >= 0.6 is 0 Å². The maximum Gasteiger partial charge on any atom is 0.388 e. The van der Waals surface area contributed by atoms with Crippen LogP contribution in [0.3, 0.4) is 0 Å². The lowest BCUT2D eigenvalue weighted by molar-refractivity contribution is 0.347. The second-order valence-corrected chi connectivity index (χ2v) is 24.4. The Labute approximate surface area is 238 Å². The van der Waals surface area contributed by atoms with Gasteiger partial charge in [0, 0.05) is 0 Å². The van der Waals surface area contributed by atoms with Crippen LogP contribution in [0.2, 0.25) is 26.2 Å². The van der Waals surface area contributed by atoms with Gasteiger partial charge in [-0.1, -0.05) is 133 Å². The minimum Gasteiger partial charge on any atom is -0.429 e. The van der Waals surface area contributed by atoms with E-state index >= 15 is 0 Å². The van der Waals surface area contributed by atoms with Crippen molar-refractivity contribution in [1.29, 1.82) is 0 Å². The summed E-state index contributed by atoms with van der Waals surface area (Å²) < 4.78 is 22.0. The van der Waals surface area contributed by atoms with E-state index in [0.717, 1.165) is 15.6 Å². The topological polar surface area (TPSA) is 27.7 Å². The first-order chi connectivity index (χ1) is 18.7. The highest BCUT2D eigenvalue weighted by atomic mass is 28.5. The summed E-state index contributed by atoms with van der Waals surface area (Å²) in [5, 5.41) is 4.44. The second-order valence-electron chi connectivity index (χ2n) is 10.4. The molecule has 4 aromatic carbocycles. The summed E-state index contributed by atoms with van der Waals surface area (Å²) in [6.45, 7) is 17.1. The fourth-order valence-electron chi connectivity index (χ4n) is 4.89. The maximum absolute atomic E-state index is 7.50. The van der Waals surface area contributed by atoms with E-state index in [1.165, 1.54) is 5.19 Å². The van der Waals surface area contributed by atoms with E-state index in [2.05, 4.69) is 136 Å². The van der Waals surface area contributed by atoms with Gasteiger partial charge in [-0.15, -0.1) is 13.2 Å². The molecule has 0 bridgehead atoms. The van der Waals surface area contributed by atoms with Gasteiger partial charge >= 0.3 is 17.1 Å². The van der Waals surface area contributed by atoms with Crippen LogP contribution < -0.4 is 20.7 Å². The molecule has 2 unspecified atom stereocenters. The van der Waals surface area contributed by atoms with Crippen molar-refractivity contribution in [3.63, 3.8) is 0 Å². The maximum atomic E-state index is 7.50. The molecular weight excluding hydrogens is 545 g/mol. The van der Waals surface area contributed by atoms with Crippen LogP contribution in [0.5, 0.6) is 0 Å². The average Bonchev–Trinajstić information content (AvgIpc) is 2.98. The first kappa shape index (κ1) is 29.1. The van der Waals surface area contributed by atoms with Crippen molar-refractivity contribution in [3.8, 4) is 0 Å². The zero-order valence-electron chi connectivity index (χ0n) is 23.3. The van der Waals surface area contributed by atoms with Crippen LogP contribution in [0.4, 0.5) is 0 Å². The zero-order chi connectivity index (χ0) is 28.0. The van der Waals surface area contributed by atoms with Crippen molar-refractivity contribution in [2.24, 2.45) is 0 Å². The van der Waals surface area contributed by atoms with E-state index in [4.69, 9.17) is 12.3 Å². The minimum atomic E-state index is -3.32. The van der Waals surface area contributed by atoms with Gasteiger partial charge < -0.3 is 12.3 Å². The summed E-state index contributed by atoms with van der Waals surface area (Å²) in [5.74, 6) is 0. The van der Waals surface area contributed by atoms with E-state index in [1.54, 1.807) is 0 Å². The molecule has 0 spiro atoms. The molecule has 0 aliphatic heterocycles. The lowest BCUT2D eigenvalue weighted by atomic mass is 10.4. The summed E-state index contributed by atoms with van der Waals surface area (Å²) in [5.41, 5.74) is 4.02. The Kier molecular flexibility index (Phi) is 9.03. The Morgan fingerprint density at radius 3 is 1.08 bits per heavy atom. The second kappa shape index (κ2) is 12.1. The van der Waals surface area contributed by atoms with Gasteiger partial charge in [-0.2, -0.15) is 0 Å². The molecule has 0 amide bonds. The molecule has 7 heteroatoms. The Morgan fingerprint density at radius 1 is 0.436 bits per heavy atom. The molecule has 39 heavy (non-hydrogen) atoms. The summed E-state index contributed by atoms with van der Waals surface area (Å²) in [6, 6.07) is 41.7. The van der Waals surface area contributed by atoms with E-state index in [1.807, 2.05) is 35.7 Å². The molecule has 0 saturated carbocycles.